The Bertz CT molecular complexity index is 711. The summed E-state index contributed by atoms with van der Waals surface area (Å²) in [4.78, 5) is 5.50. The zero-order chi connectivity index (χ0) is 15.7. The molecule has 6 heteroatoms. The number of thiazole rings is 1. The average molecular weight is 324 g/mol. The van der Waals surface area contributed by atoms with Crippen LogP contribution in [0.2, 0.25) is 0 Å². The molecular formula is C15H20N2O2S2. The summed E-state index contributed by atoms with van der Waals surface area (Å²) < 4.78 is 27.1. The Balaban J connectivity index is 2.12. The third-order valence-electron chi connectivity index (χ3n) is 3.11. The van der Waals surface area contributed by atoms with E-state index in [9.17, 15) is 8.42 Å². The van der Waals surface area contributed by atoms with Crippen LogP contribution in [0.5, 0.6) is 0 Å². The second-order valence-electron chi connectivity index (χ2n) is 5.96. The Morgan fingerprint density at radius 2 is 1.81 bits per heavy atom. The third-order valence-corrected chi connectivity index (χ3v) is 5.44. The maximum absolute atomic E-state index is 12.2. The summed E-state index contributed by atoms with van der Waals surface area (Å²) >= 11 is 1.49. The highest BCUT2D eigenvalue weighted by Crippen LogP contribution is 2.23. The van der Waals surface area contributed by atoms with Crippen molar-refractivity contribution < 1.29 is 8.42 Å². The van der Waals surface area contributed by atoms with Gasteiger partial charge in [-0.15, -0.1) is 11.3 Å². The van der Waals surface area contributed by atoms with Crippen molar-refractivity contribution in [3.63, 3.8) is 0 Å². The summed E-state index contributed by atoms with van der Waals surface area (Å²) in [6, 6.07) is 7.02. The van der Waals surface area contributed by atoms with E-state index in [2.05, 4.69) is 30.5 Å². The molecule has 114 valence electrons. The summed E-state index contributed by atoms with van der Waals surface area (Å²) in [6.07, 6.45) is 1.74. The molecule has 0 aliphatic carbocycles. The number of aromatic nitrogens is 1. The molecule has 0 fully saturated rings. The summed E-state index contributed by atoms with van der Waals surface area (Å²) in [5.41, 5.74) is 1.12. The van der Waals surface area contributed by atoms with Gasteiger partial charge in [-0.05, 0) is 30.0 Å². The van der Waals surface area contributed by atoms with E-state index < -0.39 is 10.0 Å². The maximum Gasteiger partial charge on any atom is 0.240 e. The molecule has 1 aromatic carbocycles. The summed E-state index contributed by atoms with van der Waals surface area (Å²) in [5.74, 6) is 0. The highest BCUT2D eigenvalue weighted by molar-refractivity contribution is 7.89. The molecule has 0 aliphatic rings. The number of hydrogen-bond acceptors (Lipinski definition) is 4. The van der Waals surface area contributed by atoms with E-state index in [1.807, 2.05) is 19.1 Å². The maximum atomic E-state index is 12.2. The van der Waals surface area contributed by atoms with Crippen molar-refractivity contribution in [1.29, 1.82) is 0 Å². The van der Waals surface area contributed by atoms with Crippen molar-refractivity contribution in [2.24, 2.45) is 0 Å². The molecule has 2 rings (SSSR count). The first-order valence-electron chi connectivity index (χ1n) is 6.70. The van der Waals surface area contributed by atoms with Crippen molar-refractivity contribution in [2.75, 3.05) is 0 Å². The van der Waals surface area contributed by atoms with E-state index in [1.54, 1.807) is 18.3 Å². The Hall–Kier alpha value is -1.24. The number of aryl methyl sites for hydroxylation is 1. The summed E-state index contributed by atoms with van der Waals surface area (Å²) in [7, 11) is -3.49. The Kier molecular flexibility index (Phi) is 4.51. The van der Waals surface area contributed by atoms with Crippen molar-refractivity contribution in [1.82, 2.24) is 9.71 Å². The van der Waals surface area contributed by atoms with Crippen LogP contribution in [-0.2, 0) is 22.0 Å². The SMILES string of the molecule is Cc1cnc(CNS(=O)(=O)c2ccc(C(C)(C)C)cc2)s1. The highest BCUT2D eigenvalue weighted by atomic mass is 32.2. The van der Waals surface area contributed by atoms with Crippen LogP contribution in [0.15, 0.2) is 35.4 Å². The van der Waals surface area contributed by atoms with Gasteiger partial charge in [0.25, 0.3) is 0 Å². The molecule has 0 saturated carbocycles. The molecule has 2 aromatic rings. The first kappa shape index (κ1) is 16.1. The molecule has 0 amide bonds. The van der Waals surface area contributed by atoms with Gasteiger partial charge in [0.1, 0.15) is 5.01 Å². The Labute approximate surface area is 130 Å². The largest absolute Gasteiger partial charge is 0.248 e. The molecule has 4 nitrogen and oxygen atoms in total. The molecule has 0 atom stereocenters. The van der Waals surface area contributed by atoms with Gasteiger partial charge in [0.05, 0.1) is 11.4 Å². The average Bonchev–Trinajstić information content (AvgIpc) is 2.82. The fourth-order valence-corrected chi connectivity index (χ4v) is 3.66. The number of benzene rings is 1. The normalized spacial score (nSPS) is 12.6. The minimum absolute atomic E-state index is 0.00807. The van der Waals surface area contributed by atoms with Gasteiger partial charge in [0.15, 0.2) is 0 Å². The number of sulfonamides is 1. The zero-order valence-electron chi connectivity index (χ0n) is 12.7. The molecule has 0 radical (unpaired) electrons. The minimum atomic E-state index is -3.49. The fraction of sp³-hybridized carbons (Fsp3) is 0.400. The molecule has 0 spiro atoms. The molecule has 0 aliphatic heterocycles. The smallest absolute Gasteiger partial charge is 0.240 e. The highest BCUT2D eigenvalue weighted by Gasteiger charge is 2.17. The first-order valence-corrected chi connectivity index (χ1v) is 9.00. The predicted octanol–water partition coefficient (Wildman–Crippen LogP) is 3.23. The van der Waals surface area contributed by atoms with E-state index in [4.69, 9.17) is 0 Å². The number of hydrogen-bond donors (Lipinski definition) is 1. The Morgan fingerprint density at radius 3 is 2.29 bits per heavy atom. The van der Waals surface area contributed by atoms with Crippen LogP contribution in [0.3, 0.4) is 0 Å². The van der Waals surface area contributed by atoms with E-state index in [0.717, 1.165) is 15.4 Å². The van der Waals surface area contributed by atoms with Gasteiger partial charge in [0.2, 0.25) is 10.0 Å². The molecule has 0 saturated heterocycles. The van der Waals surface area contributed by atoms with Gasteiger partial charge in [-0.2, -0.15) is 0 Å². The summed E-state index contributed by atoms with van der Waals surface area (Å²) in [6.45, 7) is 8.46. The van der Waals surface area contributed by atoms with Crippen LogP contribution in [0.4, 0.5) is 0 Å². The van der Waals surface area contributed by atoms with Crippen LogP contribution in [0, 0.1) is 6.92 Å². The standard InChI is InChI=1S/C15H20N2O2S2/c1-11-9-16-14(20-11)10-17-21(18,19)13-7-5-12(6-8-13)15(2,3)4/h5-9,17H,10H2,1-4H3. The number of nitrogens with zero attached hydrogens (tertiary/aromatic N) is 1. The van der Waals surface area contributed by atoms with Gasteiger partial charge in [-0.25, -0.2) is 18.1 Å². The second kappa shape index (κ2) is 5.87. The lowest BCUT2D eigenvalue weighted by Crippen LogP contribution is -2.23. The summed E-state index contributed by atoms with van der Waals surface area (Å²) in [5, 5.41) is 0.766. The van der Waals surface area contributed by atoms with Crippen LogP contribution < -0.4 is 4.72 Å². The number of nitrogens with one attached hydrogen (secondary N) is 1. The monoisotopic (exact) mass is 324 g/mol. The number of rotatable bonds is 4. The van der Waals surface area contributed by atoms with Gasteiger partial charge in [0, 0.05) is 11.1 Å². The van der Waals surface area contributed by atoms with Gasteiger partial charge >= 0.3 is 0 Å². The molecule has 21 heavy (non-hydrogen) atoms. The van der Waals surface area contributed by atoms with Crippen LogP contribution in [0.1, 0.15) is 36.2 Å². The lowest BCUT2D eigenvalue weighted by molar-refractivity contribution is 0.578. The van der Waals surface area contributed by atoms with Crippen LogP contribution in [0.25, 0.3) is 0 Å². The van der Waals surface area contributed by atoms with Gasteiger partial charge in [-0.1, -0.05) is 32.9 Å². The van der Waals surface area contributed by atoms with Crippen molar-refractivity contribution in [2.45, 2.75) is 44.6 Å². The van der Waals surface area contributed by atoms with Crippen molar-refractivity contribution in [3.8, 4) is 0 Å². The minimum Gasteiger partial charge on any atom is -0.248 e. The first-order chi connectivity index (χ1) is 9.68. The quantitative estimate of drug-likeness (QED) is 0.939. The van der Waals surface area contributed by atoms with Gasteiger partial charge in [-0.3, -0.25) is 0 Å². The molecule has 1 heterocycles. The second-order valence-corrected chi connectivity index (χ2v) is 9.05. The van der Waals surface area contributed by atoms with Crippen LogP contribution in [-0.4, -0.2) is 13.4 Å². The van der Waals surface area contributed by atoms with E-state index in [0.29, 0.717) is 0 Å². The molecule has 0 unspecified atom stereocenters. The Morgan fingerprint density at radius 1 is 1.19 bits per heavy atom. The van der Waals surface area contributed by atoms with Gasteiger partial charge < -0.3 is 0 Å². The van der Waals surface area contributed by atoms with E-state index in [-0.39, 0.29) is 16.9 Å². The fourth-order valence-electron chi connectivity index (χ4n) is 1.86. The lowest BCUT2D eigenvalue weighted by atomic mass is 9.87. The van der Waals surface area contributed by atoms with Crippen LogP contribution >= 0.6 is 11.3 Å². The zero-order valence-corrected chi connectivity index (χ0v) is 14.3. The van der Waals surface area contributed by atoms with E-state index >= 15 is 0 Å². The third kappa shape index (κ3) is 4.12. The van der Waals surface area contributed by atoms with Crippen molar-refractivity contribution in [3.05, 3.63) is 45.9 Å². The van der Waals surface area contributed by atoms with Crippen molar-refractivity contribution >= 4 is 21.4 Å². The molecule has 0 bridgehead atoms. The topological polar surface area (TPSA) is 59.1 Å². The molecular weight excluding hydrogens is 304 g/mol. The molecule has 1 aromatic heterocycles. The predicted molar refractivity (Wildman–Crippen MR) is 86.0 cm³/mol. The van der Waals surface area contributed by atoms with E-state index in [1.165, 1.54) is 11.3 Å². The molecule has 1 N–H and O–H groups in total. The lowest BCUT2D eigenvalue weighted by Gasteiger charge is -2.19.